The fourth-order valence-corrected chi connectivity index (χ4v) is 2.24. The summed E-state index contributed by atoms with van der Waals surface area (Å²) in [6.45, 7) is 1.76. The van der Waals surface area contributed by atoms with Crippen LogP contribution in [0.1, 0.15) is 17.4 Å². The predicted octanol–water partition coefficient (Wildman–Crippen LogP) is 3.51. The van der Waals surface area contributed by atoms with Crippen molar-refractivity contribution in [3.8, 4) is 11.3 Å². The molecule has 1 N–H and O–H groups in total. The zero-order valence-electron chi connectivity index (χ0n) is 11.7. The molecule has 2 aromatic heterocycles. The van der Waals surface area contributed by atoms with Gasteiger partial charge in [-0.2, -0.15) is 0 Å². The summed E-state index contributed by atoms with van der Waals surface area (Å²) in [5.74, 6) is -0.290. The van der Waals surface area contributed by atoms with Gasteiger partial charge >= 0.3 is 11.7 Å². The first-order valence-corrected chi connectivity index (χ1v) is 6.64. The molecule has 0 aliphatic rings. The largest absolute Gasteiger partial charge is 0.461 e. The molecule has 0 aliphatic heterocycles. The van der Waals surface area contributed by atoms with Crippen molar-refractivity contribution in [1.82, 2.24) is 4.98 Å². The Balaban J connectivity index is 2.14. The van der Waals surface area contributed by atoms with Crippen LogP contribution in [0, 0.1) is 10.1 Å². The molecule has 0 aliphatic carbocycles. The van der Waals surface area contributed by atoms with Gasteiger partial charge in [-0.1, -0.05) is 30.3 Å². The summed E-state index contributed by atoms with van der Waals surface area (Å²) in [4.78, 5) is 25.1. The van der Waals surface area contributed by atoms with Crippen LogP contribution in [-0.4, -0.2) is 22.5 Å². The van der Waals surface area contributed by atoms with Crippen molar-refractivity contribution >= 4 is 22.8 Å². The number of nitro groups is 1. The number of aromatic nitrogens is 1. The van der Waals surface area contributed by atoms with E-state index in [4.69, 9.17) is 9.15 Å². The van der Waals surface area contributed by atoms with E-state index in [9.17, 15) is 14.9 Å². The topological polar surface area (TPSA) is 98.4 Å². The van der Waals surface area contributed by atoms with Crippen LogP contribution in [0.25, 0.3) is 22.4 Å². The minimum Gasteiger partial charge on any atom is -0.461 e. The first kappa shape index (κ1) is 13.9. The minimum absolute atomic E-state index is 0.0342. The third kappa shape index (κ3) is 2.22. The van der Waals surface area contributed by atoms with Crippen LogP contribution in [0.5, 0.6) is 0 Å². The molecule has 112 valence electrons. The average molecular weight is 300 g/mol. The molecule has 0 spiro atoms. The highest BCUT2D eigenvalue weighted by atomic mass is 16.6. The lowest BCUT2D eigenvalue weighted by Crippen LogP contribution is -2.07. The Hall–Kier alpha value is -3.09. The number of rotatable bonds is 4. The van der Waals surface area contributed by atoms with E-state index in [0.29, 0.717) is 11.3 Å². The summed E-state index contributed by atoms with van der Waals surface area (Å²) < 4.78 is 10.4. The predicted molar refractivity (Wildman–Crippen MR) is 78.6 cm³/mol. The monoisotopic (exact) mass is 300 g/mol. The molecular formula is C15H12N2O5. The van der Waals surface area contributed by atoms with Crippen molar-refractivity contribution in [2.45, 2.75) is 6.92 Å². The number of furan rings is 1. The van der Waals surface area contributed by atoms with Gasteiger partial charge in [0.25, 0.3) is 0 Å². The lowest BCUT2D eigenvalue weighted by molar-refractivity contribution is -0.384. The molecule has 2 heterocycles. The van der Waals surface area contributed by atoms with Crippen LogP contribution in [-0.2, 0) is 4.74 Å². The maximum Gasteiger partial charge on any atom is 0.362 e. The molecule has 0 fully saturated rings. The number of esters is 1. The zero-order chi connectivity index (χ0) is 15.7. The number of nitrogens with one attached hydrogen (secondary N) is 1. The van der Waals surface area contributed by atoms with Crippen LogP contribution in [0.2, 0.25) is 0 Å². The number of aromatic amines is 1. The number of H-pyrrole nitrogens is 1. The van der Waals surface area contributed by atoms with Gasteiger partial charge in [-0.25, -0.2) is 4.79 Å². The van der Waals surface area contributed by atoms with Crippen molar-refractivity contribution in [2.75, 3.05) is 6.61 Å². The molecule has 0 atom stereocenters. The van der Waals surface area contributed by atoms with Gasteiger partial charge in [-0.3, -0.25) is 10.1 Å². The summed E-state index contributed by atoms with van der Waals surface area (Å²) >= 11 is 0. The van der Waals surface area contributed by atoms with Crippen molar-refractivity contribution < 1.29 is 18.9 Å². The van der Waals surface area contributed by atoms with Crippen LogP contribution in [0.3, 0.4) is 0 Å². The highest BCUT2D eigenvalue weighted by molar-refractivity contribution is 6.02. The second kappa shape index (κ2) is 5.36. The number of carbonyl (C=O) groups is 1. The Morgan fingerprint density at radius 1 is 1.36 bits per heavy atom. The number of hydrogen-bond donors (Lipinski definition) is 1. The van der Waals surface area contributed by atoms with Crippen molar-refractivity contribution in [2.24, 2.45) is 0 Å². The maximum absolute atomic E-state index is 11.8. The maximum atomic E-state index is 11.8. The Morgan fingerprint density at radius 2 is 2.09 bits per heavy atom. The molecule has 0 unspecified atom stereocenters. The van der Waals surface area contributed by atoms with E-state index in [0.717, 1.165) is 5.56 Å². The molecule has 0 saturated carbocycles. The second-order valence-electron chi connectivity index (χ2n) is 4.55. The summed E-state index contributed by atoms with van der Waals surface area (Å²) in [5, 5.41) is 11.3. The fourth-order valence-electron chi connectivity index (χ4n) is 2.24. The molecule has 22 heavy (non-hydrogen) atoms. The molecule has 7 heteroatoms. The van der Waals surface area contributed by atoms with Gasteiger partial charge < -0.3 is 14.1 Å². The highest BCUT2D eigenvalue weighted by Crippen LogP contribution is 2.36. The molecule has 0 bridgehead atoms. The number of carbonyl (C=O) groups excluding carboxylic acids is 1. The number of ether oxygens (including phenoxy) is 1. The van der Waals surface area contributed by atoms with Gasteiger partial charge in [0.05, 0.1) is 17.0 Å². The molecule has 0 radical (unpaired) electrons. The van der Waals surface area contributed by atoms with E-state index >= 15 is 0 Å². The van der Waals surface area contributed by atoms with E-state index in [1.54, 1.807) is 13.0 Å². The summed E-state index contributed by atoms with van der Waals surface area (Å²) in [6.07, 6.45) is 0. The van der Waals surface area contributed by atoms with E-state index in [1.165, 1.54) is 0 Å². The Morgan fingerprint density at radius 3 is 2.73 bits per heavy atom. The van der Waals surface area contributed by atoms with Crippen molar-refractivity contribution in [3.05, 3.63) is 52.2 Å². The summed E-state index contributed by atoms with van der Waals surface area (Å²) in [7, 11) is 0. The third-order valence-corrected chi connectivity index (χ3v) is 3.16. The quantitative estimate of drug-likeness (QED) is 0.451. The minimum atomic E-state index is -0.776. The van der Waals surface area contributed by atoms with E-state index < -0.39 is 16.6 Å². The molecule has 0 saturated heterocycles. The Bertz CT molecular complexity index is 848. The first-order valence-electron chi connectivity index (χ1n) is 6.64. The van der Waals surface area contributed by atoms with E-state index in [1.807, 2.05) is 30.3 Å². The standard InChI is InChI=1S/C15H12N2O5/c1-2-21-15(18)12-13(17(19)20)14-10(16-12)8-11(22-14)9-6-4-3-5-7-9/h3-8,16H,2H2,1H3. The van der Waals surface area contributed by atoms with Crippen molar-refractivity contribution in [1.29, 1.82) is 0 Å². The lowest BCUT2D eigenvalue weighted by atomic mass is 10.2. The Labute approximate surface area is 124 Å². The van der Waals surface area contributed by atoms with Gasteiger partial charge in [-0.05, 0) is 6.92 Å². The van der Waals surface area contributed by atoms with Crippen LogP contribution in [0.15, 0.2) is 40.8 Å². The zero-order valence-corrected chi connectivity index (χ0v) is 11.7. The van der Waals surface area contributed by atoms with Gasteiger partial charge in [0.2, 0.25) is 11.3 Å². The lowest BCUT2D eigenvalue weighted by Gasteiger charge is -1.98. The fraction of sp³-hybridized carbons (Fsp3) is 0.133. The highest BCUT2D eigenvalue weighted by Gasteiger charge is 2.31. The molecular weight excluding hydrogens is 288 g/mol. The van der Waals surface area contributed by atoms with Gasteiger partial charge in [0.1, 0.15) is 5.76 Å². The summed E-state index contributed by atoms with van der Waals surface area (Å²) in [5.41, 5.74) is 0.593. The normalized spacial score (nSPS) is 10.8. The van der Waals surface area contributed by atoms with Crippen molar-refractivity contribution in [3.63, 3.8) is 0 Å². The van der Waals surface area contributed by atoms with Gasteiger partial charge in [0.15, 0.2) is 0 Å². The number of hydrogen-bond acceptors (Lipinski definition) is 5. The van der Waals surface area contributed by atoms with Crippen LogP contribution < -0.4 is 0 Å². The van der Waals surface area contributed by atoms with E-state index in [-0.39, 0.29) is 17.9 Å². The molecule has 3 rings (SSSR count). The molecule has 0 amide bonds. The van der Waals surface area contributed by atoms with Crippen LogP contribution >= 0.6 is 0 Å². The van der Waals surface area contributed by atoms with Crippen LogP contribution in [0.4, 0.5) is 5.69 Å². The van der Waals surface area contributed by atoms with Gasteiger partial charge in [-0.15, -0.1) is 0 Å². The molecule has 3 aromatic rings. The number of benzene rings is 1. The Kier molecular flexibility index (Phi) is 3.38. The first-order chi connectivity index (χ1) is 10.6. The van der Waals surface area contributed by atoms with Gasteiger partial charge in [0, 0.05) is 11.6 Å². The summed E-state index contributed by atoms with van der Waals surface area (Å²) in [6, 6.07) is 10.8. The SMILES string of the molecule is CCOC(=O)c1[nH]c2cc(-c3ccccc3)oc2c1[N+](=O)[O-]. The number of nitrogens with zero attached hydrogens (tertiary/aromatic N) is 1. The smallest absolute Gasteiger partial charge is 0.362 e. The second-order valence-corrected chi connectivity index (χ2v) is 4.55. The number of fused-ring (bicyclic) bond motifs is 1. The molecule has 7 nitrogen and oxygen atoms in total. The third-order valence-electron chi connectivity index (χ3n) is 3.16. The average Bonchev–Trinajstić information content (AvgIpc) is 3.05. The van der Waals surface area contributed by atoms with E-state index in [2.05, 4.69) is 4.98 Å². The molecule has 1 aromatic carbocycles.